The van der Waals surface area contributed by atoms with Crippen molar-refractivity contribution in [1.82, 2.24) is 15.5 Å². The Morgan fingerprint density at radius 2 is 2.40 bits per heavy atom. The maximum Gasteiger partial charge on any atom is 0.243 e. The van der Waals surface area contributed by atoms with Crippen LogP contribution in [-0.4, -0.2) is 27.9 Å². The maximum atomic E-state index is 9.49. The largest absolute Gasteiger partial charge is 0.392 e. The number of aliphatic hydroxyl groups is 1. The molecular formula is C14H17N3O2S. The highest BCUT2D eigenvalue weighted by molar-refractivity contribution is 7.98. The minimum atomic E-state index is -0.322. The number of β-amino-alcohol motifs (C(OH)–C–C–N with tert-alkyl or cyclic N) is 1. The lowest BCUT2D eigenvalue weighted by molar-refractivity contribution is 0.191. The van der Waals surface area contributed by atoms with E-state index in [0.29, 0.717) is 30.4 Å². The van der Waals surface area contributed by atoms with Crippen LogP contribution in [0.4, 0.5) is 0 Å². The summed E-state index contributed by atoms with van der Waals surface area (Å²) in [5.74, 6) is 1.94. The van der Waals surface area contributed by atoms with Gasteiger partial charge in [-0.2, -0.15) is 4.98 Å². The molecule has 0 saturated carbocycles. The van der Waals surface area contributed by atoms with Crippen LogP contribution in [0, 0.1) is 6.92 Å². The minimum Gasteiger partial charge on any atom is -0.392 e. The molecule has 2 heterocycles. The van der Waals surface area contributed by atoms with Crippen molar-refractivity contribution in [2.75, 3.05) is 6.54 Å². The van der Waals surface area contributed by atoms with Gasteiger partial charge in [-0.15, -0.1) is 11.8 Å². The molecule has 0 aliphatic carbocycles. The molecule has 0 unspecified atom stereocenters. The smallest absolute Gasteiger partial charge is 0.243 e. The first-order valence-corrected chi connectivity index (χ1v) is 7.62. The van der Waals surface area contributed by atoms with Crippen LogP contribution in [0.2, 0.25) is 0 Å². The zero-order chi connectivity index (χ0) is 13.9. The van der Waals surface area contributed by atoms with Crippen molar-refractivity contribution >= 4 is 11.8 Å². The van der Waals surface area contributed by atoms with E-state index in [1.165, 1.54) is 10.5 Å². The topological polar surface area (TPSA) is 71.2 Å². The second-order valence-corrected chi connectivity index (χ2v) is 6.05. The molecule has 1 aliphatic rings. The van der Waals surface area contributed by atoms with Gasteiger partial charge < -0.3 is 14.9 Å². The molecule has 1 aromatic heterocycles. The number of thioether (sulfide) groups is 1. The van der Waals surface area contributed by atoms with Crippen LogP contribution in [0.3, 0.4) is 0 Å². The van der Waals surface area contributed by atoms with Gasteiger partial charge in [0, 0.05) is 11.4 Å². The highest BCUT2D eigenvalue weighted by Gasteiger charge is 2.27. The predicted octanol–water partition coefficient (Wildman–Crippen LogP) is 2.07. The van der Waals surface area contributed by atoms with Gasteiger partial charge in [-0.1, -0.05) is 22.9 Å². The second-order valence-electron chi connectivity index (χ2n) is 5.00. The van der Waals surface area contributed by atoms with Crippen LogP contribution in [0.5, 0.6) is 0 Å². The van der Waals surface area contributed by atoms with Crippen LogP contribution in [0.1, 0.15) is 29.7 Å². The number of nitrogens with one attached hydrogen (secondary N) is 1. The fourth-order valence-electron chi connectivity index (χ4n) is 2.23. The summed E-state index contributed by atoms with van der Waals surface area (Å²) < 4.78 is 5.26. The van der Waals surface area contributed by atoms with Crippen LogP contribution in [-0.2, 0) is 5.75 Å². The third-order valence-corrected chi connectivity index (χ3v) is 4.24. The average molecular weight is 291 g/mol. The van der Waals surface area contributed by atoms with E-state index < -0.39 is 0 Å². The number of aliphatic hydroxyl groups excluding tert-OH is 1. The molecule has 5 nitrogen and oxygen atoms in total. The van der Waals surface area contributed by atoms with Gasteiger partial charge in [0.15, 0.2) is 5.82 Å². The molecule has 106 valence electrons. The lowest BCUT2D eigenvalue weighted by atomic mass is 10.2. The number of nitrogens with zero attached hydrogens (tertiary/aromatic N) is 2. The molecule has 2 atom stereocenters. The lowest BCUT2D eigenvalue weighted by Crippen LogP contribution is -2.15. The van der Waals surface area contributed by atoms with Gasteiger partial charge in [0.1, 0.15) is 0 Å². The number of benzene rings is 1. The van der Waals surface area contributed by atoms with Crippen LogP contribution in [0.15, 0.2) is 33.7 Å². The predicted molar refractivity (Wildman–Crippen MR) is 76.4 cm³/mol. The van der Waals surface area contributed by atoms with Crippen molar-refractivity contribution in [3.63, 3.8) is 0 Å². The summed E-state index contributed by atoms with van der Waals surface area (Å²) >= 11 is 1.69. The molecule has 6 heteroatoms. The molecule has 0 bridgehead atoms. The Morgan fingerprint density at radius 1 is 1.50 bits per heavy atom. The van der Waals surface area contributed by atoms with Gasteiger partial charge in [-0.05, 0) is 25.5 Å². The number of hydrogen-bond donors (Lipinski definition) is 2. The van der Waals surface area contributed by atoms with E-state index in [0.717, 1.165) is 0 Å². The summed E-state index contributed by atoms with van der Waals surface area (Å²) in [5.41, 5.74) is 1.24. The first-order chi connectivity index (χ1) is 9.70. The Balaban J connectivity index is 1.60. The van der Waals surface area contributed by atoms with E-state index in [-0.39, 0.29) is 12.1 Å². The van der Waals surface area contributed by atoms with Crippen molar-refractivity contribution in [3.8, 4) is 0 Å². The zero-order valence-electron chi connectivity index (χ0n) is 11.2. The third-order valence-electron chi connectivity index (χ3n) is 3.25. The quantitative estimate of drug-likeness (QED) is 0.840. The summed E-state index contributed by atoms with van der Waals surface area (Å²) in [5, 5.41) is 16.6. The highest BCUT2D eigenvalue weighted by Crippen LogP contribution is 2.25. The Hall–Kier alpha value is -1.37. The van der Waals surface area contributed by atoms with Gasteiger partial charge in [0.05, 0.1) is 17.9 Å². The molecule has 1 aliphatic heterocycles. The second kappa shape index (κ2) is 5.95. The van der Waals surface area contributed by atoms with Gasteiger partial charge >= 0.3 is 0 Å². The molecule has 1 aromatic carbocycles. The van der Waals surface area contributed by atoms with Crippen LogP contribution < -0.4 is 5.32 Å². The van der Waals surface area contributed by atoms with Gasteiger partial charge in [-0.25, -0.2) is 0 Å². The molecule has 3 rings (SSSR count). The first kappa shape index (κ1) is 13.6. The Labute approximate surface area is 121 Å². The van der Waals surface area contributed by atoms with E-state index in [1.807, 2.05) is 6.07 Å². The lowest BCUT2D eigenvalue weighted by Gasteiger charge is -2.01. The molecule has 2 aromatic rings. The molecule has 0 spiro atoms. The Morgan fingerprint density at radius 3 is 3.15 bits per heavy atom. The monoisotopic (exact) mass is 291 g/mol. The van der Waals surface area contributed by atoms with Gasteiger partial charge in [0.2, 0.25) is 5.89 Å². The van der Waals surface area contributed by atoms with Crippen LogP contribution in [0.25, 0.3) is 0 Å². The molecular weight excluding hydrogens is 274 g/mol. The number of aromatic nitrogens is 2. The maximum absolute atomic E-state index is 9.49. The summed E-state index contributed by atoms with van der Waals surface area (Å²) in [4.78, 5) is 5.59. The van der Waals surface area contributed by atoms with E-state index in [9.17, 15) is 5.11 Å². The van der Waals surface area contributed by atoms with Gasteiger partial charge in [0.25, 0.3) is 0 Å². The highest BCUT2D eigenvalue weighted by atomic mass is 32.2. The Bertz CT molecular complexity index is 587. The molecule has 0 amide bonds. The van der Waals surface area contributed by atoms with Crippen molar-refractivity contribution in [2.45, 2.75) is 36.1 Å². The fourth-order valence-corrected chi connectivity index (χ4v) is 3.08. The van der Waals surface area contributed by atoms with Crippen molar-refractivity contribution < 1.29 is 9.63 Å². The average Bonchev–Trinajstić information content (AvgIpc) is 3.05. The fraction of sp³-hybridized carbons (Fsp3) is 0.429. The standard InChI is InChI=1S/C14H17N3O2S/c1-9-3-2-4-11(5-9)20-8-13-16-14(19-17-13)12-6-10(18)7-15-12/h2-5,10,12,15,18H,6-8H2,1H3/t10-,12+/m1/s1. The number of rotatable bonds is 4. The van der Waals surface area contributed by atoms with Crippen molar-refractivity contribution in [2.24, 2.45) is 0 Å². The van der Waals surface area contributed by atoms with Crippen molar-refractivity contribution in [3.05, 3.63) is 41.5 Å². The third kappa shape index (κ3) is 3.20. The molecule has 0 radical (unpaired) electrons. The summed E-state index contributed by atoms with van der Waals surface area (Å²) in [7, 11) is 0. The van der Waals surface area contributed by atoms with E-state index >= 15 is 0 Å². The SMILES string of the molecule is Cc1cccc(SCc2noc([C@@H]3C[C@@H](O)CN3)n2)c1. The van der Waals surface area contributed by atoms with E-state index in [1.54, 1.807) is 11.8 Å². The van der Waals surface area contributed by atoms with E-state index in [2.05, 4.69) is 40.6 Å². The molecule has 2 N–H and O–H groups in total. The number of aryl methyl sites for hydroxylation is 1. The Kier molecular flexibility index (Phi) is 4.05. The summed E-state index contributed by atoms with van der Waals surface area (Å²) in [6.45, 7) is 2.66. The van der Waals surface area contributed by atoms with E-state index in [4.69, 9.17) is 4.52 Å². The zero-order valence-corrected chi connectivity index (χ0v) is 12.1. The summed E-state index contributed by atoms with van der Waals surface area (Å²) in [6, 6.07) is 8.32. The molecule has 1 fully saturated rings. The van der Waals surface area contributed by atoms with Crippen LogP contribution >= 0.6 is 11.8 Å². The number of hydrogen-bond acceptors (Lipinski definition) is 6. The molecule has 20 heavy (non-hydrogen) atoms. The first-order valence-electron chi connectivity index (χ1n) is 6.64. The van der Waals surface area contributed by atoms with Crippen molar-refractivity contribution in [1.29, 1.82) is 0 Å². The minimum absolute atomic E-state index is 0.0183. The summed E-state index contributed by atoms with van der Waals surface area (Å²) in [6.07, 6.45) is 0.309. The molecule has 1 saturated heterocycles. The normalized spacial score (nSPS) is 22.3. The van der Waals surface area contributed by atoms with Gasteiger partial charge in [-0.3, -0.25) is 0 Å².